The third kappa shape index (κ3) is 14.2. The summed E-state index contributed by atoms with van der Waals surface area (Å²) in [6, 6.07) is 5.47. The maximum atomic E-state index is 12.8. The molecular weight excluding hydrogens is 624 g/mol. The number of hydrogen-bond acceptors (Lipinski definition) is 11. The summed E-state index contributed by atoms with van der Waals surface area (Å²) in [7, 11) is 1.85. The summed E-state index contributed by atoms with van der Waals surface area (Å²) < 4.78 is 5.30. The molecule has 0 saturated carbocycles. The highest BCUT2D eigenvalue weighted by molar-refractivity contribution is 5.97. The van der Waals surface area contributed by atoms with E-state index < -0.39 is 23.9 Å². The zero-order valence-corrected chi connectivity index (χ0v) is 29.2. The number of hydrogen-bond donors (Lipinski definition) is 4. The van der Waals surface area contributed by atoms with Gasteiger partial charge in [0.05, 0.1) is 25.0 Å². The Labute approximate surface area is 289 Å². The van der Waals surface area contributed by atoms with Crippen molar-refractivity contribution in [3.8, 4) is 0 Å². The van der Waals surface area contributed by atoms with E-state index in [0.717, 1.165) is 24.9 Å². The number of amides is 1. The summed E-state index contributed by atoms with van der Waals surface area (Å²) in [6.07, 6.45) is 18.9. The monoisotopic (exact) mass is 678 g/mol. The van der Waals surface area contributed by atoms with E-state index in [-0.39, 0.29) is 30.2 Å². The summed E-state index contributed by atoms with van der Waals surface area (Å²) >= 11 is 0. The van der Waals surface area contributed by atoms with Gasteiger partial charge in [-0.3, -0.25) is 9.59 Å². The van der Waals surface area contributed by atoms with Gasteiger partial charge < -0.3 is 31.5 Å². The Kier molecular flexibility index (Phi) is 17.0. The van der Waals surface area contributed by atoms with Crippen molar-refractivity contribution in [3.63, 3.8) is 0 Å². The Hall–Kier alpha value is -4.55. The molecule has 49 heavy (non-hydrogen) atoms. The van der Waals surface area contributed by atoms with E-state index in [1.807, 2.05) is 11.9 Å². The minimum Gasteiger partial charge on any atom is -0.480 e. The lowest BCUT2D eigenvalue weighted by molar-refractivity contribution is -0.144. The number of esters is 1. The zero-order valence-electron chi connectivity index (χ0n) is 29.2. The maximum Gasteiger partial charge on any atom is 0.326 e. The molecule has 0 spiro atoms. The lowest BCUT2D eigenvalue weighted by Crippen LogP contribution is -2.41. The third-order valence-electron chi connectivity index (χ3n) is 8.47. The molecule has 1 unspecified atom stereocenters. The Balaban J connectivity index is 1.30. The summed E-state index contributed by atoms with van der Waals surface area (Å²) in [4.78, 5) is 55.5. The molecule has 6 N–H and O–H groups in total. The zero-order chi connectivity index (χ0) is 35.4. The van der Waals surface area contributed by atoms with Gasteiger partial charge in [0, 0.05) is 24.7 Å². The van der Waals surface area contributed by atoms with Crippen LogP contribution in [-0.2, 0) is 20.9 Å². The minimum atomic E-state index is -1.22. The fourth-order valence-electron chi connectivity index (χ4n) is 5.58. The van der Waals surface area contributed by atoms with Gasteiger partial charge in [0.2, 0.25) is 5.95 Å². The first-order valence-electron chi connectivity index (χ1n) is 17.7. The number of fused-ring (bicyclic) bond motifs is 1. The second-order valence-electron chi connectivity index (χ2n) is 12.6. The van der Waals surface area contributed by atoms with Crippen molar-refractivity contribution in [1.82, 2.24) is 25.3 Å². The van der Waals surface area contributed by atoms with E-state index in [0.29, 0.717) is 30.0 Å². The minimum absolute atomic E-state index is 0.0241. The molecule has 0 saturated heterocycles. The van der Waals surface area contributed by atoms with Crippen LogP contribution in [0.1, 0.15) is 126 Å². The predicted molar refractivity (Wildman–Crippen MR) is 192 cm³/mol. The van der Waals surface area contributed by atoms with Gasteiger partial charge in [0.1, 0.15) is 6.04 Å². The summed E-state index contributed by atoms with van der Waals surface area (Å²) in [5, 5.41) is 12.2. The van der Waals surface area contributed by atoms with Gasteiger partial charge in [-0.2, -0.15) is 9.97 Å². The van der Waals surface area contributed by atoms with Crippen molar-refractivity contribution >= 4 is 46.5 Å². The Morgan fingerprint density at radius 1 is 0.857 bits per heavy atom. The molecule has 2 aromatic heterocycles. The number of nitrogen functional groups attached to an aromatic ring is 2. The molecule has 2 heterocycles. The number of carbonyl (C=O) groups excluding carboxylic acids is 2. The molecule has 1 amide bonds. The number of carbonyl (C=O) groups is 3. The van der Waals surface area contributed by atoms with Gasteiger partial charge in [0.25, 0.3) is 5.91 Å². The SMILES string of the molecule is CCCCCCCCCCCCCCCCOC(=O)CCC(NC(=O)c1ccc(N(C)Cc2cnc3nc(N)nc(N)c3n2)cc1)C(=O)O. The van der Waals surface area contributed by atoms with E-state index in [1.54, 1.807) is 30.5 Å². The van der Waals surface area contributed by atoms with Crippen molar-refractivity contribution in [2.24, 2.45) is 0 Å². The number of rotatable bonds is 24. The van der Waals surface area contributed by atoms with Gasteiger partial charge in [-0.05, 0) is 37.1 Å². The molecular formula is C36H54N8O5. The standard InChI is InChI=1S/C36H54N8O5/c1-3-4-5-6-7-8-9-10-11-12-13-14-15-16-23-49-30(45)22-21-29(35(47)48)41-34(46)26-17-19-28(20-18-26)44(2)25-27-24-39-33-31(40-27)32(37)42-36(38)43-33/h17-20,24,29H,3-16,21-23,25H2,1-2H3,(H,41,46)(H,47,48)(H4,37,38,39,42,43). The lowest BCUT2D eigenvalue weighted by Gasteiger charge is -2.19. The molecule has 1 aromatic carbocycles. The second kappa shape index (κ2) is 21.4. The Morgan fingerprint density at radius 2 is 1.45 bits per heavy atom. The fraction of sp³-hybridized carbons (Fsp3) is 0.583. The predicted octanol–water partition coefficient (Wildman–Crippen LogP) is 6.21. The van der Waals surface area contributed by atoms with Crippen LogP contribution in [0.4, 0.5) is 17.5 Å². The lowest BCUT2D eigenvalue weighted by atomic mass is 10.0. The van der Waals surface area contributed by atoms with Crippen LogP contribution in [0.5, 0.6) is 0 Å². The number of anilines is 3. The highest BCUT2D eigenvalue weighted by Gasteiger charge is 2.22. The summed E-state index contributed by atoms with van der Waals surface area (Å²) in [6.45, 7) is 2.96. The molecule has 268 valence electrons. The van der Waals surface area contributed by atoms with Crippen LogP contribution in [0.15, 0.2) is 30.5 Å². The fourth-order valence-corrected chi connectivity index (χ4v) is 5.58. The number of aliphatic carboxylic acids is 1. The van der Waals surface area contributed by atoms with E-state index in [2.05, 4.69) is 32.2 Å². The molecule has 0 fully saturated rings. The van der Waals surface area contributed by atoms with Gasteiger partial charge >= 0.3 is 11.9 Å². The van der Waals surface area contributed by atoms with E-state index in [4.69, 9.17) is 16.2 Å². The number of nitrogens with one attached hydrogen (secondary N) is 1. The Morgan fingerprint density at radius 3 is 2.04 bits per heavy atom. The normalized spacial score (nSPS) is 11.7. The van der Waals surface area contributed by atoms with Crippen molar-refractivity contribution in [1.29, 1.82) is 0 Å². The molecule has 1 atom stereocenters. The molecule has 0 bridgehead atoms. The average Bonchev–Trinajstić information content (AvgIpc) is 3.08. The van der Waals surface area contributed by atoms with Crippen LogP contribution in [0.25, 0.3) is 11.2 Å². The number of carboxylic acid groups (broad SMARTS) is 1. The smallest absolute Gasteiger partial charge is 0.326 e. The number of ether oxygens (including phenoxy) is 1. The highest BCUT2D eigenvalue weighted by Crippen LogP contribution is 2.19. The Bertz CT molecular complexity index is 1470. The largest absolute Gasteiger partial charge is 0.480 e. The van der Waals surface area contributed by atoms with Crippen LogP contribution < -0.4 is 21.7 Å². The molecule has 3 aromatic rings. The molecule has 0 aliphatic rings. The molecule has 3 rings (SSSR count). The first-order chi connectivity index (χ1) is 23.7. The van der Waals surface area contributed by atoms with Crippen LogP contribution in [0.2, 0.25) is 0 Å². The molecule has 0 radical (unpaired) electrons. The van der Waals surface area contributed by atoms with Crippen molar-refractivity contribution < 1.29 is 24.2 Å². The maximum absolute atomic E-state index is 12.8. The molecule has 0 aliphatic heterocycles. The van der Waals surface area contributed by atoms with Crippen LogP contribution in [-0.4, -0.2) is 62.6 Å². The van der Waals surface area contributed by atoms with E-state index >= 15 is 0 Å². The van der Waals surface area contributed by atoms with Crippen molar-refractivity contribution in [2.75, 3.05) is 30.0 Å². The molecule has 13 nitrogen and oxygen atoms in total. The number of benzene rings is 1. The van der Waals surface area contributed by atoms with Crippen molar-refractivity contribution in [3.05, 3.63) is 41.7 Å². The van der Waals surface area contributed by atoms with Gasteiger partial charge in [-0.1, -0.05) is 90.4 Å². The first-order valence-corrected chi connectivity index (χ1v) is 17.7. The number of aromatic nitrogens is 4. The topological polar surface area (TPSA) is 200 Å². The summed E-state index contributed by atoms with van der Waals surface area (Å²) in [5.41, 5.74) is 13.9. The number of nitrogens with zero attached hydrogens (tertiary/aromatic N) is 5. The third-order valence-corrected chi connectivity index (χ3v) is 8.47. The van der Waals surface area contributed by atoms with Gasteiger partial charge in [0.15, 0.2) is 17.0 Å². The van der Waals surface area contributed by atoms with Crippen LogP contribution >= 0.6 is 0 Å². The number of unbranched alkanes of at least 4 members (excludes halogenated alkanes) is 13. The highest BCUT2D eigenvalue weighted by atomic mass is 16.5. The summed E-state index contributed by atoms with van der Waals surface area (Å²) in [5.74, 6) is -2.05. The van der Waals surface area contributed by atoms with Crippen LogP contribution in [0, 0.1) is 0 Å². The molecule has 0 aliphatic carbocycles. The average molecular weight is 679 g/mol. The second-order valence-corrected chi connectivity index (χ2v) is 12.6. The van der Waals surface area contributed by atoms with Gasteiger partial charge in [-0.15, -0.1) is 0 Å². The molecule has 13 heteroatoms. The first kappa shape index (κ1) is 38.9. The van der Waals surface area contributed by atoms with E-state index in [1.165, 1.54) is 70.6 Å². The van der Waals surface area contributed by atoms with Gasteiger partial charge in [-0.25, -0.2) is 14.8 Å². The quantitative estimate of drug-likeness (QED) is 0.0618. The number of carboxylic acids is 1. The van der Waals surface area contributed by atoms with E-state index in [9.17, 15) is 19.5 Å². The van der Waals surface area contributed by atoms with Crippen molar-refractivity contribution in [2.45, 2.75) is 122 Å². The van der Waals surface area contributed by atoms with Crippen LogP contribution in [0.3, 0.4) is 0 Å². The number of nitrogens with two attached hydrogens (primary N) is 2.